The van der Waals surface area contributed by atoms with Crippen LogP contribution in [0.25, 0.3) is 0 Å². The molecule has 4 heteroatoms. The van der Waals surface area contributed by atoms with Gasteiger partial charge in [-0.2, -0.15) is 5.26 Å². The molecule has 14 heavy (non-hydrogen) atoms. The maximum Gasteiger partial charge on any atom is 0.122 e. The van der Waals surface area contributed by atoms with E-state index in [1.807, 2.05) is 6.92 Å². The van der Waals surface area contributed by atoms with Crippen LogP contribution in [-0.4, -0.2) is 6.54 Å². The van der Waals surface area contributed by atoms with Gasteiger partial charge in [0.05, 0.1) is 6.07 Å². The molecule has 1 rings (SSSR count). The van der Waals surface area contributed by atoms with Gasteiger partial charge in [0, 0.05) is 15.6 Å². The van der Waals surface area contributed by atoms with Crippen molar-refractivity contribution in [2.24, 2.45) is 0 Å². The van der Waals surface area contributed by atoms with Crippen molar-refractivity contribution in [1.29, 1.82) is 5.26 Å². The van der Waals surface area contributed by atoms with Gasteiger partial charge < -0.3 is 0 Å². The van der Waals surface area contributed by atoms with E-state index < -0.39 is 0 Å². The third kappa shape index (κ3) is 2.62. The van der Waals surface area contributed by atoms with E-state index in [9.17, 15) is 0 Å². The molecule has 1 atom stereocenters. The highest BCUT2D eigenvalue weighted by atomic mass is 35.5. The van der Waals surface area contributed by atoms with Crippen molar-refractivity contribution in [3.8, 4) is 6.07 Å². The highest BCUT2D eigenvalue weighted by molar-refractivity contribution is 6.35. The Labute approximate surface area is 93.4 Å². The van der Waals surface area contributed by atoms with Crippen LogP contribution in [0.5, 0.6) is 0 Å². The summed E-state index contributed by atoms with van der Waals surface area (Å²) < 4.78 is 0. The molecule has 0 fully saturated rings. The second-order valence-corrected chi connectivity index (χ2v) is 3.63. The summed E-state index contributed by atoms with van der Waals surface area (Å²) in [6, 6.07) is 6.90. The van der Waals surface area contributed by atoms with E-state index in [-0.39, 0.29) is 6.04 Å². The first-order valence-corrected chi connectivity index (χ1v) is 5.02. The second kappa shape index (κ2) is 5.21. The number of benzene rings is 1. The van der Waals surface area contributed by atoms with Gasteiger partial charge in [-0.3, -0.25) is 5.32 Å². The first-order chi connectivity index (χ1) is 6.69. The third-order valence-corrected chi connectivity index (χ3v) is 2.37. The average molecular weight is 229 g/mol. The fourth-order valence-corrected chi connectivity index (χ4v) is 1.68. The van der Waals surface area contributed by atoms with Crippen LogP contribution in [0.3, 0.4) is 0 Å². The van der Waals surface area contributed by atoms with Gasteiger partial charge in [0.2, 0.25) is 0 Å². The smallest absolute Gasteiger partial charge is 0.122 e. The molecule has 0 heterocycles. The lowest BCUT2D eigenvalue weighted by atomic mass is 10.1. The molecule has 0 saturated heterocycles. The molecule has 0 aliphatic carbocycles. The van der Waals surface area contributed by atoms with Gasteiger partial charge in [0.1, 0.15) is 6.04 Å². The van der Waals surface area contributed by atoms with Crippen LogP contribution >= 0.6 is 23.2 Å². The second-order valence-electron chi connectivity index (χ2n) is 2.79. The molecule has 0 bridgehead atoms. The van der Waals surface area contributed by atoms with Crippen molar-refractivity contribution in [3.05, 3.63) is 33.8 Å². The number of nitrogens with one attached hydrogen (secondary N) is 1. The van der Waals surface area contributed by atoms with E-state index in [1.165, 1.54) is 0 Å². The van der Waals surface area contributed by atoms with Gasteiger partial charge >= 0.3 is 0 Å². The Morgan fingerprint density at radius 1 is 1.50 bits per heavy atom. The number of rotatable bonds is 3. The van der Waals surface area contributed by atoms with Crippen LogP contribution in [0, 0.1) is 11.3 Å². The summed E-state index contributed by atoms with van der Waals surface area (Å²) in [4.78, 5) is 0. The van der Waals surface area contributed by atoms with E-state index in [4.69, 9.17) is 28.5 Å². The predicted molar refractivity (Wildman–Crippen MR) is 58.5 cm³/mol. The molecule has 2 nitrogen and oxygen atoms in total. The van der Waals surface area contributed by atoms with Gasteiger partial charge in [0.25, 0.3) is 0 Å². The van der Waals surface area contributed by atoms with Crippen LogP contribution in [-0.2, 0) is 0 Å². The molecule has 0 amide bonds. The lowest BCUT2D eigenvalue weighted by molar-refractivity contribution is 0.658. The van der Waals surface area contributed by atoms with Gasteiger partial charge in [0.15, 0.2) is 0 Å². The number of halogens is 2. The van der Waals surface area contributed by atoms with Crippen LogP contribution < -0.4 is 5.32 Å². The van der Waals surface area contributed by atoms with Gasteiger partial charge in [-0.15, -0.1) is 0 Å². The zero-order valence-electron chi connectivity index (χ0n) is 7.72. The molecule has 0 saturated carbocycles. The monoisotopic (exact) mass is 228 g/mol. The standard InChI is InChI=1S/C10H10Cl2N2/c1-2-14-10(6-13)8-4-3-7(11)5-9(8)12/h3-5,10,14H,2H2,1H3. The van der Waals surface area contributed by atoms with E-state index in [0.29, 0.717) is 10.0 Å². The highest BCUT2D eigenvalue weighted by Gasteiger charge is 2.12. The van der Waals surface area contributed by atoms with Crippen LogP contribution in [0.1, 0.15) is 18.5 Å². The number of hydrogen-bond donors (Lipinski definition) is 1. The maximum atomic E-state index is 8.90. The Bertz CT molecular complexity index is 358. The Balaban J connectivity index is 3.00. The molecular weight excluding hydrogens is 219 g/mol. The van der Waals surface area contributed by atoms with Crippen LogP contribution in [0.15, 0.2) is 18.2 Å². The molecule has 1 unspecified atom stereocenters. The summed E-state index contributed by atoms with van der Waals surface area (Å²) in [6.45, 7) is 2.66. The third-order valence-electron chi connectivity index (χ3n) is 1.81. The summed E-state index contributed by atoms with van der Waals surface area (Å²) in [5.41, 5.74) is 0.764. The van der Waals surface area contributed by atoms with Crippen molar-refractivity contribution in [1.82, 2.24) is 5.32 Å². The molecule has 1 aromatic carbocycles. The van der Waals surface area contributed by atoms with Crippen molar-refractivity contribution in [3.63, 3.8) is 0 Å². The minimum atomic E-state index is -0.371. The van der Waals surface area contributed by atoms with E-state index >= 15 is 0 Å². The van der Waals surface area contributed by atoms with Crippen molar-refractivity contribution < 1.29 is 0 Å². The van der Waals surface area contributed by atoms with Crippen LogP contribution in [0.2, 0.25) is 10.0 Å². The van der Waals surface area contributed by atoms with Crippen molar-refractivity contribution >= 4 is 23.2 Å². The normalized spacial score (nSPS) is 12.1. The summed E-state index contributed by atoms with van der Waals surface area (Å²) in [6.07, 6.45) is 0. The summed E-state index contributed by atoms with van der Waals surface area (Å²) in [7, 11) is 0. The molecule has 74 valence electrons. The quantitative estimate of drug-likeness (QED) is 0.863. The first kappa shape index (κ1) is 11.3. The van der Waals surface area contributed by atoms with E-state index in [2.05, 4.69) is 11.4 Å². The Kier molecular flexibility index (Phi) is 4.21. The Hall–Kier alpha value is -0.750. The van der Waals surface area contributed by atoms with Crippen molar-refractivity contribution in [2.45, 2.75) is 13.0 Å². The minimum Gasteiger partial charge on any atom is -0.298 e. The lowest BCUT2D eigenvalue weighted by Crippen LogP contribution is -2.19. The van der Waals surface area contributed by atoms with Crippen LogP contribution in [0.4, 0.5) is 0 Å². The van der Waals surface area contributed by atoms with Crippen molar-refractivity contribution in [2.75, 3.05) is 6.54 Å². The van der Waals surface area contributed by atoms with Gasteiger partial charge in [-0.1, -0.05) is 36.2 Å². The SMILES string of the molecule is CCNC(C#N)c1ccc(Cl)cc1Cl. The summed E-state index contributed by atoms with van der Waals surface area (Å²) >= 11 is 11.7. The molecular formula is C10H10Cl2N2. The number of nitriles is 1. The predicted octanol–water partition coefficient (Wildman–Crippen LogP) is 3.17. The molecule has 0 radical (unpaired) electrons. The summed E-state index contributed by atoms with van der Waals surface area (Å²) in [5.74, 6) is 0. The Morgan fingerprint density at radius 3 is 2.71 bits per heavy atom. The fourth-order valence-electron chi connectivity index (χ4n) is 1.16. The van der Waals surface area contributed by atoms with Gasteiger partial charge in [-0.05, 0) is 18.7 Å². The fraction of sp³-hybridized carbons (Fsp3) is 0.300. The molecule has 1 aromatic rings. The topological polar surface area (TPSA) is 35.8 Å². The first-order valence-electron chi connectivity index (χ1n) is 4.27. The van der Waals surface area contributed by atoms with Gasteiger partial charge in [-0.25, -0.2) is 0 Å². The molecule has 0 aromatic heterocycles. The number of nitrogens with zero attached hydrogens (tertiary/aromatic N) is 1. The largest absolute Gasteiger partial charge is 0.298 e. The summed E-state index contributed by atoms with van der Waals surface area (Å²) in [5, 5.41) is 13.0. The average Bonchev–Trinajstić information content (AvgIpc) is 2.15. The Morgan fingerprint density at radius 2 is 2.21 bits per heavy atom. The molecule has 0 spiro atoms. The van der Waals surface area contributed by atoms with E-state index in [0.717, 1.165) is 12.1 Å². The van der Waals surface area contributed by atoms with E-state index in [1.54, 1.807) is 18.2 Å². The highest BCUT2D eigenvalue weighted by Crippen LogP contribution is 2.25. The minimum absolute atomic E-state index is 0.371. The number of hydrogen-bond acceptors (Lipinski definition) is 2. The zero-order chi connectivity index (χ0) is 10.6. The molecule has 0 aliphatic heterocycles. The molecule has 0 aliphatic rings. The zero-order valence-corrected chi connectivity index (χ0v) is 9.23. The molecule has 1 N–H and O–H groups in total. The maximum absolute atomic E-state index is 8.90. The lowest BCUT2D eigenvalue weighted by Gasteiger charge is -2.11.